The Labute approximate surface area is 148 Å². The molecule has 0 aliphatic carbocycles. The number of amidine groups is 1. The highest BCUT2D eigenvalue weighted by Gasteiger charge is 2.44. The molecular formula is C17H17F2N5O2. The molecule has 7 nitrogen and oxygen atoms in total. The third-order valence-corrected chi connectivity index (χ3v) is 3.92. The second-order valence-corrected chi connectivity index (χ2v) is 5.83. The van der Waals surface area contributed by atoms with Gasteiger partial charge in [-0.2, -0.15) is 0 Å². The largest absolute Gasteiger partial charge is 0.397 e. The molecule has 1 aromatic heterocycles. The Morgan fingerprint density at radius 3 is 2.73 bits per heavy atom. The normalized spacial score (nSPS) is 19.9. The number of nitrogens with two attached hydrogens (primary N) is 2. The van der Waals surface area contributed by atoms with Crippen LogP contribution in [0.25, 0.3) is 0 Å². The molecule has 3 rings (SSSR count). The molecule has 2 aromatic rings. The van der Waals surface area contributed by atoms with Crippen LogP contribution in [-0.2, 0) is 10.3 Å². The van der Waals surface area contributed by atoms with Crippen LogP contribution >= 0.6 is 0 Å². The SMILES string of the molecule is NC1=NC(c2cccc(NC(=O)c3ccc(N)cn3)c2)(C(F)F)COC1. The lowest BCUT2D eigenvalue weighted by atomic mass is 9.90. The lowest BCUT2D eigenvalue weighted by Crippen LogP contribution is -2.44. The van der Waals surface area contributed by atoms with E-state index >= 15 is 0 Å². The number of aliphatic imine (C=N–C) groups is 1. The van der Waals surface area contributed by atoms with Crippen LogP contribution in [0.5, 0.6) is 0 Å². The smallest absolute Gasteiger partial charge is 0.274 e. The first kappa shape index (κ1) is 17.7. The Morgan fingerprint density at radius 2 is 2.08 bits per heavy atom. The van der Waals surface area contributed by atoms with Gasteiger partial charge < -0.3 is 21.5 Å². The zero-order chi connectivity index (χ0) is 18.7. The molecule has 0 bridgehead atoms. The first-order chi connectivity index (χ1) is 12.4. The molecule has 0 saturated carbocycles. The molecule has 5 N–H and O–H groups in total. The fourth-order valence-electron chi connectivity index (χ4n) is 2.62. The summed E-state index contributed by atoms with van der Waals surface area (Å²) in [6.45, 7) is -0.296. The van der Waals surface area contributed by atoms with E-state index in [0.29, 0.717) is 11.4 Å². The van der Waals surface area contributed by atoms with E-state index in [1.54, 1.807) is 18.2 Å². The highest BCUT2D eigenvalue weighted by atomic mass is 19.3. The summed E-state index contributed by atoms with van der Waals surface area (Å²) < 4.78 is 32.7. The van der Waals surface area contributed by atoms with Crippen LogP contribution in [-0.4, -0.2) is 36.4 Å². The van der Waals surface area contributed by atoms with E-state index in [4.69, 9.17) is 16.2 Å². The Hall–Kier alpha value is -3.07. The number of ether oxygens (including phenoxy) is 1. The number of hydrogen-bond acceptors (Lipinski definition) is 6. The van der Waals surface area contributed by atoms with Gasteiger partial charge in [-0.15, -0.1) is 0 Å². The summed E-state index contributed by atoms with van der Waals surface area (Å²) in [5, 5.41) is 2.62. The van der Waals surface area contributed by atoms with Crippen LogP contribution in [0.2, 0.25) is 0 Å². The number of nitrogens with zero attached hydrogens (tertiary/aromatic N) is 2. The maximum absolute atomic E-state index is 13.8. The Kier molecular flexibility index (Phi) is 4.81. The monoisotopic (exact) mass is 361 g/mol. The molecule has 1 atom stereocenters. The van der Waals surface area contributed by atoms with Gasteiger partial charge in [0.05, 0.1) is 18.5 Å². The fourth-order valence-corrected chi connectivity index (χ4v) is 2.62. The molecule has 1 aliphatic rings. The van der Waals surface area contributed by atoms with E-state index in [-0.39, 0.29) is 30.3 Å². The van der Waals surface area contributed by atoms with Crippen molar-refractivity contribution in [3.8, 4) is 0 Å². The summed E-state index contributed by atoms with van der Waals surface area (Å²) >= 11 is 0. The second-order valence-electron chi connectivity index (χ2n) is 5.83. The molecule has 1 aromatic carbocycles. The number of carbonyl (C=O) groups is 1. The van der Waals surface area contributed by atoms with Gasteiger partial charge in [-0.05, 0) is 29.8 Å². The molecule has 1 unspecified atom stereocenters. The average molecular weight is 361 g/mol. The van der Waals surface area contributed by atoms with Crippen LogP contribution in [0.15, 0.2) is 47.6 Å². The van der Waals surface area contributed by atoms with E-state index < -0.39 is 17.9 Å². The number of hydrogen-bond donors (Lipinski definition) is 3. The number of rotatable bonds is 4. The van der Waals surface area contributed by atoms with Gasteiger partial charge in [-0.3, -0.25) is 9.79 Å². The van der Waals surface area contributed by atoms with Gasteiger partial charge in [0.1, 0.15) is 18.1 Å². The number of pyridine rings is 1. The molecule has 0 fully saturated rings. The molecule has 0 radical (unpaired) electrons. The van der Waals surface area contributed by atoms with Gasteiger partial charge in [-0.1, -0.05) is 12.1 Å². The van der Waals surface area contributed by atoms with Gasteiger partial charge in [0.25, 0.3) is 12.3 Å². The highest BCUT2D eigenvalue weighted by Crippen LogP contribution is 2.36. The number of benzene rings is 1. The molecule has 136 valence electrons. The van der Waals surface area contributed by atoms with Gasteiger partial charge in [0.15, 0.2) is 5.54 Å². The Balaban J connectivity index is 1.89. The molecule has 1 amide bonds. The maximum atomic E-state index is 13.8. The van der Waals surface area contributed by atoms with Crippen molar-refractivity contribution in [2.75, 3.05) is 24.3 Å². The zero-order valence-corrected chi connectivity index (χ0v) is 13.7. The predicted molar refractivity (Wildman–Crippen MR) is 93.2 cm³/mol. The maximum Gasteiger partial charge on any atom is 0.274 e. The van der Waals surface area contributed by atoms with E-state index in [0.717, 1.165) is 0 Å². The number of amides is 1. The molecule has 2 heterocycles. The predicted octanol–water partition coefficient (Wildman–Crippen LogP) is 1.76. The quantitative estimate of drug-likeness (QED) is 0.767. The van der Waals surface area contributed by atoms with Crippen LogP contribution in [0.1, 0.15) is 16.1 Å². The minimum absolute atomic E-state index is 0.00272. The van der Waals surface area contributed by atoms with Crippen molar-refractivity contribution in [2.24, 2.45) is 10.7 Å². The van der Waals surface area contributed by atoms with Gasteiger partial charge in [-0.25, -0.2) is 13.8 Å². The number of carbonyl (C=O) groups excluding carboxylic acids is 1. The fraction of sp³-hybridized carbons (Fsp3) is 0.235. The lowest BCUT2D eigenvalue weighted by Gasteiger charge is -2.33. The summed E-state index contributed by atoms with van der Waals surface area (Å²) in [6.07, 6.45) is -1.47. The van der Waals surface area contributed by atoms with E-state index in [1.807, 2.05) is 0 Å². The minimum atomic E-state index is -2.83. The molecule has 0 saturated heterocycles. The van der Waals surface area contributed by atoms with Gasteiger partial charge >= 0.3 is 0 Å². The van der Waals surface area contributed by atoms with Crippen molar-refractivity contribution in [1.82, 2.24) is 4.98 Å². The number of aromatic nitrogens is 1. The first-order valence-corrected chi connectivity index (χ1v) is 7.74. The second kappa shape index (κ2) is 7.04. The molecule has 1 aliphatic heterocycles. The summed E-state index contributed by atoms with van der Waals surface area (Å²) in [7, 11) is 0. The number of anilines is 2. The van der Waals surface area contributed by atoms with Crippen molar-refractivity contribution in [1.29, 1.82) is 0 Å². The van der Waals surface area contributed by atoms with Crippen molar-refractivity contribution in [2.45, 2.75) is 12.0 Å². The van der Waals surface area contributed by atoms with Crippen LogP contribution < -0.4 is 16.8 Å². The summed E-state index contributed by atoms with van der Waals surface area (Å²) in [5.74, 6) is -0.492. The molecule has 9 heteroatoms. The van der Waals surface area contributed by atoms with Crippen LogP contribution in [0.4, 0.5) is 20.2 Å². The van der Waals surface area contributed by atoms with E-state index in [1.165, 1.54) is 24.4 Å². The molecular weight excluding hydrogens is 344 g/mol. The lowest BCUT2D eigenvalue weighted by molar-refractivity contribution is -0.0129. The van der Waals surface area contributed by atoms with Crippen molar-refractivity contribution in [3.63, 3.8) is 0 Å². The van der Waals surface area contributed by atoms with E-state index in [9.17, 15) is 13.6 Å². The minimum Gasteiger partial charge on any atom is -0.397 e. The third kappa shape index (κ3) is 3.47. The first-order valence-electron chi connectivity index (χ1n) is 7.74. The van der Waals surface area contributed by atoms with Gasteiger partial charge in [0, 0.05) is 5.69 Å². The number of halogens is 2. The highest BCUT2D eigenvalue weighted by molar-refractivity contribution is 6.03. The topological polar surface area (TPSA) is 116 Å². The Bertz CT molecular complexity index is 841. The Morgan fingerprint density at radius 1 is 1.27 bits per heavy atom. The summed E-state index contributed by atoms with van der Waals surface area (Å²) in [4.78, 5) is 20.1. The zero-order valence-electron chi connectivity index (χ0n) is 13.7. The number of nitrogen functional groups attached to an aromatic ring is 1. The van der Waals surface area contributed by atoms with Crippen LogP contribution in [0.3, 0.4) is 0 Å². The third-order valence-electron chi connectivity index (χ3n) is 3.92. The average Bonchev–Trinajstić information content (AvgIpc) is 2.62. The van der Waals surface area contributed by atoms with Crippen molar-refractivity contribution < 1.29 is 18.3 Å². The van der Waals surface area contributed by atoms with Crippen LogP contribution in [0, 0.1) is 0 Å². The van der Waals surface area contributed by atoms with Crippen molar-refractivity contribution in [3.05, 3.63) is 53.9 Å². The molecule has 26 heavy (non-hydrogen) atoms. The standard InChI is InChI=1S/C17H17F2N5O2/c18-16(19)17(9-26-8-14(21)24-17)10-2-1-3-12(6-10)23-15(25)13-5-4-11(20)7-22-13/h1-7,16H,8-9,20H2,(H2,21,24)(H,23,25). The molecule has 0 spiro atoms. The summed E-state index contributed by atoms with van der Waals surface area (Å²) in [6, 6.07) is 9.05. The van der Waals surface area contributed by atoms with Crippen molar-refractivity contribution >= 4 is 23.1 Å². The van der Waals surface area contributed by atoms with Gasteiger partial charge in [0.2, 0.25) is 0 Å². The summed E-state index contributed by atoms with van der Waals surface area (Å²) in [5.41, 5.74) is 10.3. The number of alkyl halides is 2. The van der Waals surface area contributed by atoms with E-state index in [2.05, 4.69) is 15.3 Å². The number of nitrogens with one attached hydrogen (secondary N) is 1.